The van der Waals surface area contributed by atoms with Crippen molar-refractivity contribution in [3.63, 3.8) is 0 Å². The molecule has 33 heavy (non-hydrogen) atoms. The second-order valence-electron chi connectivity index (χ2n) is 8.94. The second kappa shape index (κ2) is 10.6. The molecule has 174 valence electrons. The molecule has 0 unspecified atom stereocenters. The van der Waals surface area contributed by atoms with Crippen molar-refractivity contribution in [2.45, 2.75) is 50.6 Å². The normalized spacial score (nSPS) is 17.3. The van der Waals surface area contributed by atoms with Crippen molar-refractivity contribution in [3.8, 4) is 0 Å². The predicted molar refractivity (Wildman–Crippen MR) is 123 cm³/mol. The molecule has 0 spiro atoms. The fourth-order valence-corrected chi connectivity index (χ4v) is 4.28. The molecule has 1 heterocycles. The molecule has 2 aromatic carbocycles. The number of hydrogen-bond acceptors (Lipinski definition) is 3. The van der Waals surface area contributed by atoms with E-state index in [1.807, 2.05) is 35.2 Å². The molecule has 7 heteroatoms. The molecule has 6 nitrogen and oxygen atoms in total. The van der Waals surface area contributed by atoms with Crippen LogP contribution in [0.2, 0.25) is 0 Å². The monoisotopic (exact) mass is 451 g/mol. The molecule has 2 fully saturated rings. The number of aryl methyl sites for hydroxylation is 1. The minimum atomic E-state index is -0.676. The molecular weight excluding hydrogens is 421 g/mol. The molecule has 1 saturated heterocycles. The van der Waals surface area contributed by atoms with Gasteiger partial charge in [0.1, 0.15) is 11.9 Å². The molecule has 1 saturated carbocycles. The largest absolute Gasteiger partial charge is 0.352 e. The number of carbonyl (C=O) groups excluding carboxylic acids is 3. The van der Waals surface area contributed by atoms with Crippen LogP contribution in [0, 0.1) is 11.7 Å². The minimum absolute atomic E-state index is 0.0636. The van der Waals surface area contributed by atoms with Gasteiger partial charge in [-0.2, -0.15) is 0 Å². The third-order valence-corrected chi connectivity index (χ3v) is 6.43. The molecule has 0 radical (unpaired) electrons. The topological polar surface area (TPSA) is 78.5 Å². The van der Waals surface area contributed by atoms with Gasteiger partial charge in [0.2, 0.25) is 11.8 Å². The second-order valence-corrected chi connectivity index (χ2v) is 8.94. The van der Waals surface area contributed by atoms with E-state index in [-0.39, 0.29) is 23.8 Å². The Labute approximate surface area is 193 Å². The number of piperidine rings is 1. The molecule has 4 rings (SSSR count). The Morgan fingerprint density at radius 3 is 2.24 bits per heavy atom. The van der Waals surface area contributed by atoms with Crippen molar-refractivity contribution in [1.82, 2.24) is 15.5 Å². The van der Waals surface area contributed by atoms with Gasteiger partial charge in [0.25, 0.3) is 5.91 Å². The quantitative estimate of drug-likeness (QED) is 0.648. The summed E-state index contributed by atoms with van der Waals surface area (Å²) in [5, 5.41) is 5.86. The van der Waals surface area contributed by atoms with Gasteiger partial charge >= 0.3 is 0 Å². The summed E-state index contributed by atoms with van der Waals surface area (Å²) in [4.78, 5) is 40.2. The van der Waals surface area contributed by atoms with E-state index < -0.39 is 17.8 Å². The Balaban J connectivity index is 1.34. The van der Waals surface area contributed by atoms with Gasteiger partial charge in [-0.15, -0.1) is 0 Å². The molecule has 2 aromatic rings. The van der Waals surface area contributed by atoms with Crippen LogP contribution >= 0.6 is 0 Å². The molecular formula is C26H30FN3O3. The molecule has 1 atom stereocenters. The van der Waals surface area contributed by atoms with Crippen molar-refractivity contribution >= 4 is 17.7 Å². The molecule has 2 aliphatic rings. The maximum absolute atomic E-state index is 13.2. The summed E-state index contributed by atoms with van der Waals surface area (Å²) in [5.74, 6) is -0.939. The summed E-state index contributed by atoms with van der Waals surface area (Å²) >= 11 is 0. The summed E-state index contributed by atoms with van der Waals surface area (Å²) < 4.78 is 13.2. The van der Waals surface area contributed by atoms with Crippen LogP contribution in [0.25, 0.3) is 0 Å². The summed E-state index contributed by atoms with van der Waals surface area (Å²) in [6.45, 7) is 1.13. The van der Waals surface area contributed by atoms with E-state index in [1.165, 1.54) is 24.3 Å². The van der Waals surface area contributed by atoms with E-state index in [0.717, 1.165) is 18.4 Å². The number of carbonyl (C=O) groups is 3. The number of benzene rings is 2. The third kappa shape index (κ3) is 6.40. The zero-order valence-corrected chi connectivity index (χ0v) is 18.6. The first-order chi connectivity index (χ1) is 16.0. The molecule has 0 bridgehead atoms. The molecule has 3 amide bonds. The van der Waals surface area contributed by atoms with Gasteiger partial charge in [0, 0.05) is 31.1 Å². The zero-order chi connectivity index (χ0) is 23.2. The molecule has 1 aliphatic carbocycles. The minimum Gasteiger partial charge on any atom is -0.352 e. The summed E-state index contributed by atoms with van der Waals surface area (Å²) in [6, 6.07) is 14.7. The average molecular weight is 452 g/mol. The van der Waals surface area contributed by atoms with Crippen LogP contribution in [0.1, 0.15) is 48.0 Å². The van der Waals surface area contributed by atoms with Crippen LogP contribution in [-0.4, -0.2) is 47.8 Å². The highest BCUT2D eigenvalue weighted by Crippen LogP contribution is 2.24. The van der Waals surface area contributed by atoms with E-state index in [2.05, 4.69) is 10.6 Å². The Morgan fingerprint density at radius 1 is 0.939 bits per heavy atom. The van der Waals surface area contributed by atoms with Crippen molar-refractivity contribution in [2.75, 3.05) is 13.1 Å². The van der Waals surface area contributed by atoms with Gasteiger partial charge in [0.05, 0.1) is 0 Å². The summed E-state index contributed by atoms with van der Waals surface area (Å²) in [7, 11) is 0. The Hall–Kier alpha value is -3.22. The van der Waals surface area contributed by atoms with Crippen LogP contribution < -0.4 is 10.6 Å². The maximum atomic E-state index is 13.2. The number of nitrogens with zero attached hydrogens (tertiary/aromatic N) is 1. The van der Waals surface area contributed by atoms with Gasteiger partial charge in [-0.1, -0.05) is 30.3 Å². The van der Waals surface area contributed by atoms with E-state index in [1.54, 1.807) is 0 Å². The van der Waals surface area contributed by atoms with Crippen LogP contribution in [0.5, 0.6) is 0 Å². The smallest absolute Gasteiger partial charge is 0.251 e. The van der Waals surface area contributed by atoms with Gasteiger partial charge in [0.15, 0.2) is 0 Å². The molecule has 0 aromatic heterocycles. The Bertz CT molecular complexity index is 968. The van der Waals surface area contributed by atoms with E-state index in [4.69, 9.17) is 0 Å². The number of rotatable bonds is 8. The van der Waals surface area contributed by atoms with Gasteiger partial charge in [-0.3, -0.25) is 14.4 Å². The van der Waals surface area contributed by atoms with Gasteiger partial charge < -0.3 is 15.5 Å². The fourth-order valence-electron chi connectivity index (χ4n) is 4.28. The zero-order valence-electron chi connectivity index (χ0n) is 18.6. The highest BCUT2D eigenvalue weighted by Gasteiger charge is 2.36. The lowest BCUT2D eigenvalue weighted by atomic mass is 9.88. The van der Waals surface area contributed by atoms with Crippen molar-refractivity contribution < 1.29 is 18.8 Å². The first-order valence-electron chi connectivity index (χ1n) is 11.7. The van der Waals surface area contributed by atoms with E-state index in [0.29, 0.717) is 44.3 Å². The number of hydrogen-bond donors (Lipinski definition) is 2. The van der Waals surface area contributed by atoms with Gasteiger partial charge in [-0.25, -0.2) is 4.39 Å². The lowest BCUT2D eigenvalue weighted by molar-refractivity contribution is -0.133. The number of halogens is 1. The van der Waals surface area contributed by atoms with E-state index >= 15 is 0 Å². The first-order valence-corrected chi connectivity index (χ1v) is 11.7. The maximum Gasteiger partial charge on any atom is 0.251 e. The van der Waals surface area contributed by atoms with Crippen molar-refractivity contribution in [3.05, 3.63) is 71.5 Å². The Morgan fingerprint density at radius 2 is 1.61 bits per heavy atom. The lowest BCUT2D eigenvalue weighted by Crippen LogP contribution is -2.54. The standard InChI is InChI=1S/C26H30FN3O3/c27-21-9-7-20(8-10-21)25(32)29-24(26(33)28-22-11-12-22)19-14-16-30(17-15-19)23(31)13-6-18-4-2-1-3-5-18/h1-5,7-10,19,22,24H,6,11-17H2,(H,28,33)(H,29,32)/t24-/m1/s1. The highest BCUT2D eigenvalue weighted by atomic mass is 19.1. The molecule has 1 aliphatic heterocycles. The van der Waals surface area contributed by atoms with Crippen LogP contribution in [0.4, 0.5) is 4.39 Å². The summed E-state index contributed by atoms with van der Waals surface area (Å²) in [5.41, 5.74) is 1.45. The number of likely N-dealkylation sites (tertiary alicyclic amines) is 1. The van der Waals surface area contributed by atoms with Crippen molar-refractivity contribution in [1.29, 1.82) is 0 Å². The number of nitrogens with one attached hydrogen (secondary N) is 2. The average Bonchev–Trinajstić information content (AvgIpc) is 3.66. The predicted octanol–water partition coefficient (Wildman–Crippen LogP) is 3.07. The van der Waals surface area contributed by atoms with Crippen LogP contribution in [0.3, 0.4) is 0 Å². The lowest BCUT2D eigenvalue weighted by Gasteiger charge is -2.36. The number of amides is 3. The highest BCUT2D eigenvalue weighted by molar-refractivity contribution is 5.97. The SMILES string of the molecule is O=C(N[C@@H](C(=O)NC1CC1)C1CCN(C(=O)CCc2ccccc2)CC1)c1ccc(F)cc1. The first kappa shape index (κ1) is 23.0. The van der Waals surface area contributed by atoms with Gasteiger partial charge in [-0.05, 0) is 67.9 Å². The Kier molecular flexibility index (Phi) is 7.37. The van der Waals surface area contributed by atoms with Crippen molar-refractivity contribution in [2.24, 2.45) is 5.92 Å². The molecule has 2 N–H and O–H groups in total. The van der Waals surface area contributed by atoms with Crippen LogP contribution in [0.15, 0.2) is 54.6 Å². The summed E-state index contributed by atoms with van der Waals surface area (Å²) in [6.07, 6.45) is 4.37. The fraction of sp³-hybridized carbons (Fsp3) is 0.423. The third-order valence-electron chi connectivity index (χ3n) is 6.43. The van der Waals surface area contributed by atoms with E-state index in [9.17, 15) is 18.8 Å². The van der Waals surface area contributed by atoms with Crippen LogP contribution in [-0.2, 0) is 16.0 Å².